The molecule has 1 atom stereocenters. The highest BCUT2D eigenvalue weighted by Crippen LogP contribution is 2.35. The van der Waals surface area contributed by atoms with Gasteiger partial charge in [0, 0.05) is 0 Å². The third kappa shape index (κ3) is 3.12. The number of imide groups is 1. The lowest BCUT2D eigenvalue weighted by molar-refractivity contribution is -0.138. The van der Waals surface area contributed by atoms with Gasteiger partial charge >= 0.3 is 11.9 Å². The lowest BCUT2D eigenvalue weighted by atomic mass is 9.98. The Balaban J connectivity index is 1.80. The van der Waals surface area contributed by atoms with Crippen LogP contribution in [-0.4, -0.2) is 38.9 Å². The summed E-state index contributed by atoms with van der Waals surface area (Å²) in [6.45, 7) is 0. The van der Waals surface area contributed by atoms with E-state index in [9.17, 15) is 24.3 Å². The number of aliphatic carboxylic acids is 1. The summed E-state index contributed by atoms with van der Waals surface area (Å²) in [4.78, 5) is 49.5. The molecule has 0 aromatic heterocycles. The van der Waals surface area contributed by atoms with Crippen LogP contribution in [0.5, 0.6) is 0 Å². The summed E-state index contributed by atoms with van der Waals surface area (Å²) in [5.74, 6) is -3.72. The quantitative estimate of drug-likeness (QED) is 0.647. The zero-order chi connectivity index (χ0) is 20.7. The first-order chi connectivity index (χ1) is 13.9. The number of carbonyl (C=O) groups excluding carboxylic acids is 2. The van der Waals surface area contributed by atoms with Crippen LogP contribution in [0.3, 0.4) is 0 Å². The summed E-state index contributed by atoms with van der Waals surface area (Å²) in [6.07, 6.45) is -0.463. The molecule has 29 heavy (non-hydrogen) atoms. The summed E-state index contributed by atoms with van der Waals surface area (Å²) in [5, 5.41) is 20.3. The highest BCUT2D eigenvalue weighted by atomic mass is 16.4. The van der Waals surface area contributed by atoms with E-state index in [4.69, 9.17) is 5.11 Å². The molecule has 0 saturated heterocycles. The molecule has 0 saturated carbocycles. The molecule has 7 nitrogen and oxygen atoms in total. The maximum absolute atomic E-state index is 13.0. The molecule has 7 heteroatoms. The van der Waals surface area contributed by atoms with Gasteiger partial charge in [-0.3, -0.25) is 19.3 Å². The monoisotopic (exact) mass is 389 g/mol. The highest BCUT2D eigenvalue weighted by molar-refractivity contribution is 6.22. The van der Waals surface area contributed by atoms with Gasteiger partial charge in [0.25, 0.3) is 11.8 Å². The molecule has 2 N–H and O–H groups in total. The van der Waals surface area contributed by atoms with Crippen molar-refractivity contribution in [2.45, 2.75) is 12.5 Å². The molecule has 3 aromatic carbocycles. The normalized spacial score (nSPS) is 14.1. The molecule has 0 spiro atoms. The number of rotatable bonds is 5. The Kier molecular flexibility index (Phi) is 4.35. The van der Waals surface area contributed by atoms with Crippen molar-refractivity contribution >= 4 is 34.5 Å². The van der Waals surface area contributed by atoms with Crippen LogP contribution in [0, 0.1) is 0 Å². The predicted octanol–water partition coefficient (Wildman–Crippen LogP) is 3.35. The van der Waals surface area contributed by atoms with E-state index in [2.05, 4.69) is 0 Å². The molecule has 4 rings (SSSR count). The van der Waals surface area contributed by atoms with Crippen LogP contribution in [-0.2, 0) is 4.79 Å². The SMILES string of the molecule is O=C(O)CC(c1ccc2ccccc2c1)N1C(=O)c2ccc(C(=O)O)cc2C1=O. The second kappa shape index (κ2) is 6.87. The van der Waals surface area contributed by atoms with Crippen LogP contribution in [0.2, 0.25) is 0 Å². The van der Waals surface area contributed by atoms with E-state index in [0.29, 0.717) is 5.56 Å². The Morgan fingerprint density at radius 1 is 0.828 bits per heavy atom. The third-order valence-electron chi connectivity index (χ3n) is 5.00. The van der Waals surface area contributed by atoms with Gasteiger partial charge in [-0.05, 0) is 40.6 Å². The lowest BCUT2D eigenvalue weighted by Crippen LogP contribution is -2.35. The zero-order valence-corrected chi connectivity index (χ0v) is 15.0. The van der Waals surface area contributed by atoms with Gasteiger partial charge in [-0.1, -0.05) is 36.4 Å². The van der Waals surface area contributed by atoms with Gasteiger partial charge in [0.1, 0.15) is 0 Å². The van der Waals surface area contributed by atoms with E-state index in [1.807, 2.05) is 24.3 Å². The second-order valence-electron chi connectivity index (χ2n) is 6.77. The fourth-order valence-corrected chi connectivity index (χ4v) is 3.61. The van der Waals surface area contributed by atoms with Gasteiger partial charge in [0.2, 0.25) is 0 Å². The van der Waals surface area contributed by atoms with Gasteiger partial charge in [-0.25, -0.2) is 4.79 Å². The zero-order valence-electron chi connectivity index (χ0n) is 15.0. The predicted molar refractivity (Wildman–Crippen MR) is 103 cm³/mol. The average Bonchev–Trinajstić information content (AvgIpc) is 2.95. The summed E-state index contributed by atoms with van der Waals surface area (Å²) in [6, 6.07) is 15.4. The van der Waals surface area contributed by atoms with E-state index < -0.39 is 36.2 Å². The van der Waals surface area contributed by atoms with Crippen LogP contribution in [0.25, 0.3) is 10.8 Å². The maximum atomic E-state index is 13.0. The fraction of sp³-hybridized carbons (Fsp3) is 0.0909. The Labute approximate surface area is 164 Å². The number of benzene rings is 3. The molecular formula is C22H15NO6. The number of nitrogens with zero attached hydrogens (tertiary/aromatic N) is 1. The largest absolute Gasteiger partial charge is 0.481 e. The van der Waals surface area contributed by atoms with Crippen LogP contribution < -0.4 is 0 Å². The van der Waals surface area contributed by atoms with Crippen molar-refractivity contribution in [3.8, 4) is 0 Å². The average molecular weight is 389 g/mol. The number of carboxylic acid groups (broad SMARTS) is 2. The van der Waals surface area contributed by atoms with Gasteiger partial charge in [-0.15, -0.1) is 0 Å². The molecule has 1 aliphatic heterocycles. The molecule has 0 radical (unpaired) electrons. The minimum Gasteiger partial charge on any atom is -0.481 e. The van der Waals surface area contributed by atoms with Crippen molar-refractivity contribution in [3.63, 3.8) is 0 Å². The molecule has 0 aliphatic carbocycles. The van der Waals surface area contributed by atoms with Gasteiger partial charge in [-0.2, -0.15) is 0 Å². The second-order valence-corrected chi connectivity index (χ2v) is 6.77. The van der Waals surface area contributed by atoms with Crippen molar-refractivity contribution in [1.29, 1.82) is 0 Å². The fourth-order valence-electron chi connectivity index (χ4n) is 3.61. The Morgan fingerprint density at radius 2 is 1.52 bits per heavy atom. The van der Waals surface area contributed by atoms with E-state index >= 15 is 0 Å². The number of carbonyl (C=O) groups is 4. The Bertz CT molecular complexity index is 1200. The van der Waals surface area contributed by atoms with Crippen LogP contribution >= 0.6 is 0 Å². The van der Waals surface area contributed by atoms with E-state index in [1.54, 1.807) is 18.2 Å². The number of hydrogen-bond acceptors (Lipinski definition) is 4. The van der Waals surface area contributed by atoms with Crippen molar-refractivity contribution in [2.75, 3.05) is 0 Å². The third-order valence-corrected chi connectivity index (χ3v) is 5.00. The number of hydrogen-bond donors (Lipinski definition) is 2. The van der Waals surface area contributed by atoms with E-state index in [0.717, 1.165) is 21.7 Å². The molecule has 1 heterocycles. The first kappa shape index (κ1) is 18.4. The number of carboxylic acids is 2. The van der Waals surface area contributed by atoms with Crippen molar-refractivity contribution in [2.24, 2.45) is 0 Å². The molecule has 2 amide bonds. The maximum Gasteiger partial charge on any atom is 0.335 e. The molecule has 1 aliphatic rings. The molecule has 144 valence electrons. The Morgan fingerprint density at radius 3 is 2.21 bits per heavy atom. The summed E-state index contributed by atoms with van der Waals surface area (Å²) >= 11 is 0. The first-order valence-electron chi connectivity index (χ1n) is 8.82. The molecule has 1 unspecified atom stereocenters. The van der Waals surface area contributed by atoms with Gasteiger partial charge in [0.05, 0.1) is 29.2 Å². The number of aromatic carboxylic acids is 1. The minimum absolute atomic E-state index is 0.0360. The van der Waals surface area contributed by atoms with E-state index in [1.165, 1.54) is 12.1 Å². The van der Waals surface area contributed by atoms with Crippen molar-refractivity contribution in [1.82, 2.24) is 4.90 Å². The number of amides is 2. The van der Waals surface area contributed by atoms with Gasteiger partial charge in [0.15, 0.2) is 0 Å². The molecule has 0 fully saturated rings. The van der Waals surface area contributed by atoms with Crippen molar-refractivity contribution < 1.29 is 29.4 Å². The summed E-state index contributed by atoms with van der Waals surface area (Å²) in [5.41, 5.74) is 0.425. The smallest absolute Gasteiger partial charge is 0.335 e. The Hall–Kier alpha value is -4.00. The topological polar surface area (TPSA) is 112 Å². The molecule has 3 aromatic rings. The molecular weight excluding hydrogens is 374 g/mol. The van der Waals surface area contributed by atoms with Crippen LogP contribution in [0.4, 0.5) is 0 Å². The standard InChI is InChI=1S/C22H15NO6/c24-19(25)11-18(14-6-5-12-3-1-2-4-13(12)9-14)23-20(26)16-8-7-15(22(28)29)10-17(16)21(23)27/h1-10,18H,11H2,(H,24,25)(H,28,29). The van der Waals surface area contributed by atoms with Crippen molar-refractivity contribution in [3.05, 3.63) is 82.9 Å². The van der Waals surface area contributed by atoms with Crippen LogP contribution in [0.15, 0.2) is 60.7 Å². The lowest BCUT2D eigenvalue weighted by Gasteiger charge is -2.25. The summed E-state index contributed by atoms with van der Waals surface area (Å²) < 4.78 is 0. The highest BCUT2D eigenvalue weighted by Gasteiger charge is 2.41. The summed E-state index contributed by atoms with van der Waals surface area (Å²) in [7, 11) is 0. The minimum atomic E-state index is -1.22. The molecule has 0 bridgehead atoms. The van der Waals surface area contributed by atoms with Crippen LogP contribution in [0.1, 0.15) is 49.1 Å². The van der Waals surface area contributed by atoms with E-state index in [-0.39, 0.29) is 16.7 Å². The number of fused-ring (bicyclic) bond motifs is 2. The first-order valence-corrected chi connectivity index (χ1v) is 8.82. The van der Waals surface area contributed by atoms with Gasteiger partial charge < -0.3 is 10.2 Å².